The molecule has 1 saturated heterocycles. The highest BCUT2D eigenvalue weighted by Crippen LogP contribution is 2.30. The van der Waals surface area contributed by atoms with Crippen LogP contribution in [-0.4, -0.2) is 38.6 Å². The zero-order valence-electron chi connectivity index (χ0n) is 12.6. The van der Waals surface area contributed by atoms with Crippen molar-refractivity contribution in [2.24, 2.45) is 17.6 Å². The Morgan fingerprint density at radius 3 is 2.11 bits per heavy atom. The highest BCUT2D eigenvalue weighted by molar-refractivity contribution is 5.46. The van der Waals surface area contributed by atoms with Crippen LogP contribution in [0.15, 0.2) is 24.3 Å². The molecule has 106 valence electrons. The van der Waals surface area contributed by atoms with E-state index in [1.54, 1.807) is 0 Å². The fourth-order valence-corrected chi connectivity index (χ4v) is 2.92. The van der Waals surface area contributed by atoms with Crippen molar-refractivity contribution >= 4 is 5.69 Å². The van der Waals surface area contributed by atoms with Crippen molar-refractivity contribution < 1.29 is 0 Å². The third-order valence-electron chi connectivity index (χ3n) is 4.47. The summed E-state index contributed by atoms with van der Waals surface area (Å²) in [6.45, 7) is 7.71. The number of hydrogen-bond acceptors (Lipinski definition) is 3. The van der Waals surface area contributed by atoms with Gasteiger partial charge in [0.1, 0.15) is 0 Å². The maximum atomic E-state index is 6.02. The Morgan fingerprint density at radius 1 is 1.16 bits per heavy atom. The Labute approximate surface area is 117 Å². The van der Waals surface area contributed by atoms with E-state index in [1.165, 1.54) is 24.3 Å². The first-order valence-corrected chi connectivity index (χ1v) is 7.24. The molecule has 0 amide bonds. The maximum absolute atomic E-state index is 6.02. The van der Waals surface area contributed by atoms with Crippen molar-refractivity contribution in [2.45, 2.75) is 19.9 Å². The van der Waals surface area contributed by atoms with Gasteiger partial charge in [0.05, 0.1) is 0 Å². The number of rotatable bonds is 4. The predicted molar refractivity (Wildman–Crippen MR) is 82.5 cm³/mol. The second-order valence-electron chi connectivity index (χ2n) is 6.15. The van der Waals surface area contributed by atoms with Crippen molar-refractivity contribution in [2.75, 3.05) is 38.6 Å². The topological polar surface area (TPSA) is 32.5 Å². The van der Waals surface area contributed by atoms with Crippen LogP contribution in [0.25, 0.3) is 0 Å². The summed E-state index contributed by atoms with van der Waals surface area (Å²) < 4.78 is 0. The minimum absolute atomic E-state index is 0.364. The molecule has 19 heavy (non-hydrogen) atoms. The van der Waals surface area contributed by atoms with Gasteiger partial charge in [0, 0.05) is 45.5 Å². The van der Waals surface area contributed by atoms with Gasteiger partial charge in [-0.15, -0.1) is 0 Å². The van der Waals surface area contributed by atoms with Crippen LogP contribution < -0.4 is 10.6 Å². The number of likely N-dealkylation sites (tertiary alicyclic amines) is 1. The van der Waals surface area contributed by atoms with Crippen LogP contribution >= 0.6 is 0 Å². The van der Waals surface area contributed by atoms with Crippen LogP contribution in [0.3, 0.4) is 0 Å². The molecule has 3 heteroatoms. The molecule has 0 aromatic heterocycles. The highest BCUT2D eigenvalue weighted by atomic mass is 15.2. The Hall–Kier alpha value is -1.06. The number of benzene rings is 1. The normalized spacial score (nSPS) is 25.5. The molecular weight excluding hydrogens is 234 g/mol. The zero-order chi connectivity index (χ0) is 14.0. The summed E-state index contributed by atoms with van der Waals surface area (Å²) >= 11 is 0. The smallest absolute Gasteiger partial charge is 0.0470 e. The second-order valence-corrected chi connectivity index (χ2v) is 6.15. The number of nitrogens with two attached hydrogens (primary N) is 1. The molecular formula is C16H27N3. The molecule has 1 heterocycles. The molecule has 1 fully saturated rings. The van der Waals surface area contributed by atoms with E-state index < -0.39 is 0 Å². The third kappa shape index (κ3) is 3.10. The Bertz CT molecular complexity index is 389. The lowest BCUT2D eigenvalue weighted by Gasteiger charge is -2.27. The molecule has 3 unspecified atom stereocenters. The molecule has 1 aromatic carbocycles. The monoisotopic (exact) mass is 261 g/mol. The molecule has 0 spiro atoms. The van der Waals surface area contributed by atoms with Crippen molar-refractivity contribution in [3.8, 4) is 0 Å². The SMILES string of the molecule is CC1CN(C(CN)c2ccc(N(C)C)cc2)CC1C. The Kier molecular flexibility index (Phi) is 4.48. The van der Waals surface area contributed by atoms with Gasteiger partial charge in [0.15, 0.2) is 0 Å². The van der Waals surface area contributed by atoms with Crippen molar-refractivity contribution in [3.05, 3.63) is 29.8 Å². The van der Waals surface area contributed by atoms with E-state index in [4.69, 9.17) is 5.73 Å². The first kappa shape index (κ1) is 14.4. The average molecular weight is 261 g/mol. The van der Waals surface area contributed by atoms with E-state index in [-0.39, 0.29) is 0 Å². The lowest BCUT2D eigenvalue weighted by atomic mass is 10.0. The quantitative estimate of drug-likeness (QED) is 0.903. The molecule has 1 aliphatic heterocycles. The molecule has 2 rings (SSSR count). The van der Waals surface area contributed by atoms with Crippen molar-refractivity contribution in [3.63, 3.8) is 0 Å². The van der Waals surface area contributed by atoms with Gasteiger partial charge in [0.25, 0.3) is 0 Å². The van der Waals surface area contributed by atoms with Gasteiger partial charge in [-0.3, -0.25) is 4.90 Å². The standard InChI is InChI=1S/C16H27N3/c1-12-10-19(11-13(12)2)16(9-17)14-5-7-15(8-6-14)18(3)4/h5-8,12-13,16H,9-11,17H2,1-4H3. The lowest BCUT2D eigenvalue weighted by molar-refractivity contribution is 0.240. The second kappa shape index (κ2) is 5.93. The van der Waals surface area contributed by atoms with Crippen LogP contribution in [0.1, 0.15) is 25.5 Å². The van der Waals surface area contributed by atoms with Gasteiger partial charge in [-0.25, -0.2) is 0 Å². The molecule has 3 atom stereocenters. The molecule has 3 nitrogen and oxygen atoms in total. The fraction of sp³-hybridized carbons (Fsp3) is 0.625. The number of hydrogen-bond donors (Lipinski definition) is 1. The largest absolute Gasteiger partial charge is 0.378 e. The van der Waals surface area contributed by atoms with Crippen molar-refractivity contribution in [1.82, 2.24) is 4.90 Å². The van der Waals surface area contributed by atoms with Gasteiger partial charge in [-0.2, -0.15) is 0 Å². The van der Waals surface area contributed by atoms with Crippen LogP contribution in [0.2, 0.25) is 0 Å². The van der Waals surface area contributed by atoms with E-state index in [9.17, 15) is 0 Å². The Balaban J connectivity index is 2.13. The summed E-state index contributed by atoms with van der Waals surface area (Å²) in [5.74, 6) is 1.55. The molecule has 0 aliphatic carbocycles. The van der Waals surface area contributed by atoms with Crippen LogP contribution in [0.5, 0.6) is 0 Å². The summed E-state index contributed by atoms with van der Waals surface area (Å²) in [4.78, 5) is 4.67. The number of nitrogens with zero attached hydrogens (tertiary/aromatic N) is 2. The summed E-state index contributed by atoms with van der Waals surface area (Å²) in [6.07, 6.45) is 0. The minimum atomic E-state index is 0.364. The lowest BCUT2D eigenvalue weighted by Crippen LogP contribution is -2.32. The first-order valence-electron chi connectivity index (χ1n) is 7.24. The van der Waals surface area contributed by atoms with Gasteiger partial charge >= 0.3 is 0 Å². The summed E-state index contributed by atoms with van der Waals surface area (Å²) in [5.41, 5.74) is 8.60. The summed E-state index contributed by atoms with van der Waals surface area (Å²) in [6, 6.07) is 9.17. The molecule has 1 aromatic rings. The summed E-state index contributed by atoms with van der Waals surface area (Å²) in [7, 11) is 4.14. The van der Waals surface area contributed by atoms with Crippen LogP contribution in [0.4, 0.5) is 5.69 Å². The highest BCUT2D eigenvalue weighted by Gasteiger charge is 2.30. The van der Waals surface area contributed by atoms with Gasteiger partial charge in [-0.1, -0.05) is 26.0 Å². The molecule has 0 radical (unpaired) electrons. The van der Waals surface area contributed by atoms with E-state index >= 15 is 0 Å². The number of anilines is 1. The van der Waals surface area contributed by atoms with Gasteiger partial charge < -0.3 is 10.6 Å². The third-order valence-corrected chi connectivity index (χ3v) is 4.47. The van der Waals surface area contributed by atoms with Gasteiger partial charge in [-0.05, 0) is 29.5 Å². The molecule has 1 aliphatic rings. The molecule has 0 bridgehead atoms. The zero-order valence-corrected chi connectivity index (χ0v) is 12.6. The van der Waals surface area contributed by atoms with Crippen LogP contribution in [-0.2, 0) is 0 Å². The Morgan fingerprint density at radius 2 is 1.68 bits per heavy atom. The maximum Gasteiger partial charge on any atom is 0.0470 e. The first-order chi connectivity index (χ1) is 9.02. The van der Waals surface area contributed by atoms with E-state index in [0.717, 1.165) is 11.8 Å². The van der Waals surface area contributed by atoms with E-state index in [0.29, 0.717) is 12.6 Å². The average Bonchev–Trinajstić information content (AvgIpc) is 2.71. The van der Waals surface area contributed by atoms with Crippen LogP contribution in [0, 0.1) is 11.8 Å². The van der Waals surface area contributed by atoms with E-state index in [1.807, 2.05) is 0 Å². The fourth-order valence-electron chi connectivity index (χ4n) is 2.92. The molecule has 2 N–H and O–H groups in total. The molecule has 0 saturated carbocycles. The minimum Gasteiger partial charge on any atom is -0.378 e. The predicted octanol–water partition coefficient (Wildman–Crippen LogP) is 2.34. The van der Waals surface area contributed by atoms with Gasteiger partial charge in [0.2, 0.25) is 0 Å². The summed E-state index contributed by atoms with van der Waals surface area (Å²) in [5, 5.41) is 0. The van der Waals surface area contributed by atoms with Crippen molar-refractivity contribution in [1.29, 1.82) is 0 Å². The van der Waals surface area contributed by atoms with E-state index in [2.05, 4.69) is 62.0 Å².